The molecule has 0 amide bonds. The van der Waals surface area contributed by atoms with Gasteiger partial charge in [0.2, 0.25) is 0 Å². The van der Waals surface area contributed by atoms with E-state index in [0.29, 0.717) is 16.5 Å². The fraction of sp³-hybridized carbons (Fsp3) is 0.308. The summed E-state index contributed by atoms with van der Waals surface area (Å²) in [5.74, 6) is 1.28. The van der Waals surface area contributed by atoms with Crippen LogP contribution in [0.2, 0.25) is 0 Å². The molecule has 6 heteroatoms. The van der Waals surface area contributed by atoms with Crippen LogP contribution >= 0.6 is 11.5 Å². The zero-order chi connectivity index (χ0) is 13.8. The second-order valence-corrected chi connectivity index (χ2v) is 4.91. The summed E-state index contributed by atoms with van der Waals surface area (Å²) in [6.45, 7) is 4.05. The van der Waals surface area contributed by atoms with Crippen LogP contribution in [0.1, 0.15) is 35.9 Å². The number of benzene rings is 1. The second-order valence-electron chi connectivity index (χ2n) is 4.19. The predicted molar refractivity (Wildman–Crippen MR) is 71.9 cm³/mol. The van der Waals surface area contributed by atoms with Crippen LogP contribution in [0, 0.1) is 0 Å². The summed E-state index contributed by atoms with van der Waals surface area (Å²) in [7, 11) is 1.35. The van der Waals surface area contributed by atoms with Gasteiger partial charge in [0.25, 0.3) is 5.19 Å². The van der Waals surface area contributed by atoms with Crippen molar-refractivity contribution in [3.8, 4) is 10.9 Å². The number of carbonyl (C=O) groups is 1. The van der Waals surface area contributed by atoms with Crippen molar-refractivity contribution in [3.63, 3.8) is 0 Å². The fourth-order valence-corrected chi connectivity index (χ4v) is 2.06. The molecular weight excluding hydrogens is 264 g/mol. The molecule has 0 fully saturated rings. The zero-order valence-corrected chi connectivity index (χ0v) is 11.7. The number of hydrogen-bond donors (Lipinski definition) is 0. The minimum absolute atomic E-state index is 0.273. The lowest BCUT2D eigenvalue weighted by Gasteiger charge is -2.02. The van der Waals surface area contributed by atoms with Crippen LogP contribution in [0.3, 0.4) is 0 Å². The molecular formula is C13H14N2O3S. The van der Waals surface area contributed by atoms with E-state index < -0.39 is 0 Å². The van der Waals surface area contributed by atoms with Crippen LogP contribution in [0.15, 0.2) is 24.3 Å². The van der Waals surface area contributed by atoms with Gasteiger partial charge in [0.05, 0.1) is 12.7 Å². The average Bonchev–Trinajstić information content (AvgIpc) is 2.87. The largest absolute Gasteiger partial charge is 0.465 e. The Morgan fingerprint density at radius 2 is 1.95 bits per heavy atom. The third-order valence-electron chi connectivity index (χ3n) is 2.42. The molecule has 0 aliphatic carbocycles. The molecule has 0 aliphatic heterocycles. The van der Waals surface area contributed by atoms with Crippen molar-refractivity contribution in [1.29, 1.82) is 0 Å². The predicted octanol–water partition coefficient (Wildman–Crippen LogP) is 3.24. The third-order valence-corrected chi connectivity index (χ3v) is 3.03. The van der Waals surface area contributed by atoms with Crippen LogP contribution < -0.4 is 4.74 Å². The molecule has 1 heterocycles. The Morgan fingerprint density at radius 3 is 2.47 bits per heavy atom. The standard InChI is InChI=1S/C13H14N2O3S/c1-8(2)11-14-13(19-15-11)18-10-6-4-9(5-7-10)12(16)17-3/h4-8H,1-3H3. The highest BCUT2D eigenvalue weighted by molar-refractivity contribution is 7.07. The molecule has 100 valence electrons. The second kappa shape index (κ2) is 5.79. The Kier molecular flexibility index (Phi) is 4.11. The molecule has 2 aromatic rings. The molecule has 0 atom stereocenters. The smallest absolute Gasteiger partial charge is 0.337 e. The Hall–Kier alpha value is -1.95. The first-order chi connectivity index (χ1) is 9.10. The number of rotatable bonds is 4. The topological polar surface area (TPSA) is 61.3 Å². The summed E-state index contributed by atoms with van der Waals surface area (Å²) in [6, 6.07) is 6.68. The lowest BCUT2D eigenvalue weighted by atomic mass is 10.2. The number of hydrogen-bond acceptors (Lipinski definition) is 6. The molecule has 0 saturated heterocycles. The van der Waals surface area contributed by atoms with E-state index >= 15 is 0 Å². The van der Waals surface area contributed by atoms with Gasteiger partial charge in [0, 0.05) is 17.5 Å². The van der Waals surface area contributed by atoms with Crippen LogP contribution in [0.5, 0.6) is 10.9 Å². The normalized spacial score (nSPS) is 10.5. The van der Waals surface area contributed by atoms with Gasteiger partial charge in [-0.15, -0.1) is 0 Å². The van der Waals surface area contributed by atoms with E-state index in [1.807, 2.05) is 13.8 Å². The van der Waals surface area contributed by atoms with Gasteiger partial charge in [0.1, 0.15) is 11.6 Å². The molecule has 1 aromatic carbocycles. The molecule has 1 aromatic heterocycles. The number of aromatic nitrogens is 2. The number of carbonyl (C=O) groups excluding carboxylic acids is 1. The van der Waals surface area contributed by atoms with Crippen molar-refractivity contribution in [2.24, 2.45) is 0 Å². The number of esters is 1. The molecule has 2 rings (SSSR count). The van der Waals surface area contributed by atoms with Crippen molar-refractivity contribution in [2.45, 2.75) is 19.8 Å². The maximum Gasteiger partial charge on any atom is 0.337 e. The SMILES string of the molecule is COC(=O)c1ccc(Oc2nc(C(C)C)ns2)cc1. The molecule has 0 bridgehead atoms. The van der Waals surface area contributed by atoms with Gasteiger partial charge >= 0.3 is 5.97 Å². The van der Waals surface area contributed by atoms with E-state index in [1.165, 1.54) is 18.6 Å². The van der Waals surface area contributed by atoms with Gasteiger partial charge in [-0.05, 0) is 24.3 Å². The van der Waals surface area contributed by atoms with E-state index in [9.17, 15) is 4.79 Å². The van der Waals surface area contributed by atoms with Gasteiger partial charge in [-0.1, -0.05) is 13.8 Å². The Labute approximate surface area is 115 Å². The number of ether oxygens (including phenoxy) is 2. The maximum absolute atomic E-state index is 11.3. The van der Waals surface area contributed by atoms with Gasteiger partial charge in [0.15, 0.2) is 0 Å². The fourth-order valence-electron chi connectivity index (χ4n) is 1.37. The first-order valence-electron chi connectivity index (χ1n) is 5.80. The minimum Gasteiger partial charge on any atom is -0.465 e. The third kappa shape index (κ3) is 3.29. The van der Waals surface area contributed by atoms with Crippen LogP contribution in [0.4, 0.5) is 0 Å². The first kappa shape index (κ1) is 13.5. The molecule has 0 spiro atoms. The lowest BCUT2D eigenvalue weighted by Crippen LogP contribution is -2.00. The van der Waals surface area contributed by atoms with Gasteiger partial charge < -0.3 is 9.47 Å². The molecule has 0 aliphatic rings. The average molecular weight is 278 g/mol. The molecule has 0 radical (unpaired) electrons. The minimum atomic E-state index is -0.371. The van der Waals surface area contributed by atoms with Crippen LogP contribution in [-0.2, 0) is 4.74 Å². The summed E-state index contributed by atoms with van der Waals surface area (Å²) in [6.07, 6.45) is 0. The Morgan fingerprint density at radius 1 is 1.26 bits per heavy atom. The van der Waals surface area contributed by atoms with Crippen molar-refractivity contribution in [2.75, 3.05) is 7.11 Å². The van der Waals surface area contributed by atoms with E-state index in [0.717, 1.165) is 5.82 Å². The van der Waals surface area contributed by atoms with E-state index in [2.05, 4.69) is 14.1 Å². The van der Waals surface area contributed by atoms with Gasteiger partial charge in [-0.3, -0.25) is 0 Å². The molecule has 0 N–H and O–H groups in total. The van der Waals surface area contributed by atoms with E-state index in [1.54, 1.807) is 24.3 Å². The highest BCUT2D eigenvalue weighted by Gasteiger charge is 2.10. The summed E-state index contributed by atoms with van der Waals surface area (Å²) >= 11 is 1.21. The summed E-state index contributed by atoms with van der Waals surface area (Å²) < 4.78 is 14.4. The number of nitrogens with zero attached hydrogens (tertiary/aromatic N) is 2. The molecule has 19 heavy (non-hydrogen) atoms. The van der Waals surface area contributed by atoms with Gasteiger partial charge in [-0.25, -0.2) is 4.79 Å². The summed E-state index contributed by atoms with van der Waals surface area (Å²) in [4.78, 5) is 15.6. The lowest BCUT2D eigenvalue weighted by molar-refractivity contribution is 0.0600. The van der Waals surface area contributed by atoms with E-state index in [4.69, 9.17) is 4.74 Å². The summed E-state index contributed by atoms with van der Waals surface area (Å²) in [5.41, 5.74) is 0.481. The van der Waals surface area contributed by atoms with Crippen molar-refractivity contribution in [1.82, 2.24) is 9.36 Å². The zero-order valence-electron chi connectivity index (χ0n) is 10.9. The molecule has 0 saturated carbocycles. The van der Waals surface area contributed by atoms with Crippen LogP contribution in [0.25, 0.3) is 0 Å². The molecule has 0 unspecified atom stereocenters. The van der Waals surface area contributed by atoms with Crippen molar-refractivity contribution in [3.05, 3.63) is 35.7 Å². The molecule has 5 nitrogen and oxygen atoms in total. The first-order valence-corrected chi connectivity index (χ1v) is 6.57. The number of methoxy groups -OCH3 is 1. The van der Waals surface area contributed by atoms with Crippen molar-refractivity contribution >= 4 is 17.5 Å². The van der Waals surface area contributed by atoms with Gasteiger partial charge in [-0.2, -0.15) is 9.36 Å². The highest BCUT2D eigenvalue weighted by Crippen LogP contribution is 2.25. The quantitative estimate of drug-likeness (QED) is 0.803. The Balaban J connectivity index is 2.08. The summed E-state index contributed by atoms with van der Waals surface area (Å²) in [5, 5.41) is 0.495. The Bertz CT molecular complexity index is 564. The van der Waals surface area contributed by atoms with E-state index in [-0.39, 0.29) is 11.9 Å². The maximum atomic E-state index is 11.3. The van der Waals surface area contributed by atoms with Crippen molar-refractivity contribution < 1.29 is 14.3 Å². The van der Waals surface area contributed by atoms with Crippen LogP contribution in [-0.4, -0.2) is 22.4 Å². The highest BCUT2D eigenvalue weighted by atomic mass is 32.1. The monoisotopic (exact) mass is 278 g/mol.